The monoisotopic (exact) mass is 380 g/mol. The lowest BCUT2D eigenvalue weighted by Crippen LogP contribution is -2.51. The van der Waals surface area contributed by atoms with E-state index in [0.717, 1.165) is 0 Å². The Labute approximate surface area is 153 Å². The largest absolute Gasteiger partial charge is 0.508 e. The Morgan fingerprint density at radius 1 is 1.24 bits per heavy atom. The molecule has 0 amide bonds. The molecule has 0 saturated carbocycles. The molecule has 0 aromatic heterocycles. The molecule has 0 aliphatic carbocycles. The van der Waals surface area contributed by atoms with Crippen molar-refractivity contribution in [1.29, 1.82) is 0 Å². The quantitative estimate of drug-likeness (QED) is 0.732. The normalized spacial score (nSPS) is 17.7. The summed E-state index contributed by atoms with van der Waals surface area (Å²) in [7, 11) is 0. The minimum Gasteiger partial charge on any atom is -0.508 e. The van der Waals surface area contributed by atoms with Crippen LogP contribution in [0.1, 0.15) is 32.4 Å². The number of hydrogen-bond donors (Lipinski definition) is 3. The Bertz CT molecular complexity index is 561. The van der Waals surface area contributed by atoms with Crippen LogP contribution < -0.4 is 10.1 Å². The van der Waals surface area contributed by atoms with Crippen molar-refractivity contribution in [3.8, 4) is 11.5 Å². The molecule has 3 N–H and O–H groups in total. The van der Waals surface area contributed by atoms with Crippen LogP contribution in [0.3, 0.4) is 0 Å². The third-order valence-electron chi connectivity index (χ3n) is 3.85. The first kappa shape index (κ1) is 21.9. The minimum absolute atomic E-state index is 0. The Balaban J connectivity index is 0.00000312. The molecular weight excluding hydrogens is 354 g/mol. The maximum absolute atomic E-state index is 14.5. The average molecular weight is 381 g/mol. The van der Waals surface area contributed by atoms with Gasteiger partial charge in [-0.3, -0.25) is 4.90 Å². The molecule has 0 bridgehead atoms. The van der Waals surface area contributed by atoms with Gasteiger partial charge in [0.15, 0.2) is 0 Å². The summed E-state index contributed by atoms with van der Waals surface area (Å²) in [5, 5.41) is 22.5. The number of nitrogens with zero attached hydrogens (tertiary/aromatic N) is 1. The molecule has 25 heavy (non-hydrogen) atoms. The van der Waals surface area contributed by atoms with E-state index in [2.05, 4.69) is 5.32 Å². The van der Waals surface area contributed by atoms with Gasteiger partial charge in [-0.2, -0.15) is 0 Å². The van der Waals surface area contributed by atoms with E-state index in [1.165, 1.54) is 12.1 Å². The van der Waals surface area contributed by atoms with E-state index in [-0.39, 0.29) is 23.7 Å². The Morgan fingerprint density at radius 2 is 1.84 bits per heavy atom. The maximum atomic E-state index is 14.5. The molecule has 1 aliphatic rings. The number of aromatic hydroxyl groups is 1. The zero-order chi connectivity index (χ0) is 18.0. The van der Waals surface area contributed by atoms with Crippen LogP contribution in [0.15, 0.2) is 18.2 Å². The minimum atomic E-state index is -3.38. The van der Waals surface area contributed by atoms with Gasteiger partial charge in [-0.15, -0.1) is 12.4 Å². The molecule has 1 heterocycles. The lowest BCUT2D eigenvalue weighted by Gasteiger charge is -2.39. The second-order valence-corrected chi connectivity index (χ2v) is 7.04. The molecule has 1 aromatic carbocycles. The van der Waals surface area contributed by atoms with E-state index < -0.39 is 24.2 Å². The first-order valence-electron chi connectivity index (χ1n) is 8.09. The van der Waals surface area contributed by atoms with Crippen LogP contribution in [0.25, 0.3) is 0 Å². The van der Waals surface area contributed by atoms with Crippen molar-refractivity contribution in [3.63, 3.8) is 0 Å². The standard InChI is InChI=1S/C17H26F2N2O3.ClH/c1-16(2,3)24-12-4-5-14(23)13(10-12)15(17(18,19)11-22)21-8-6-20-7-9-21;/h4-5,10,15,20,22-23H,6-9,11H2,1-3H3;1H/t15-;/m1./s1. The van der Waals surface area contributed by atoms with Crippen molar-refractivity contribution in [1.82, 2.24) is 10.2 Å². The number of halogens is 3. The van der Waals surface area contributed by atoms with Crippen LogP contribution in [0.4, 0.5) is 8.78 Å². The molecule has 2 rings (SSSR count). The van der Waals surface area contributed by atoms with Crippen LogP contribution in [0, 0.1) is 0 Å². The summed E-state index contributed by atoms with van der Waals surface area (Å²) in [5.41, 5.74) is -0.421. The maximum Gasteiger partial charge on any atom is 0.290 e. The molecule has 1 saturated heterocycles. The van der Waals surface area contributed by atoms with Crippen LogP contribution in [0.2, 0.25) is 0 Å². The highest BCUT2D eigenvalue weighted by molar-refractivity contribution is 5.85. The van der Waals surface area contributed by atoms with Crippen molar-refractivity contribution in [2.75, 3.05) is 32.8 Å². The number of hydrogen-bond acceptors (Lipinski definition) is 5. The fraction of sp³-hybridized carbons (Fsp3) is 0.647. The van der Waals surface area contributed by atoms with Gasteiger partial charge in [0, 0.05) is 31.7 Å². The summed E-state index contributed by atoms with van der Waals surface area (Å²) in [6.45, 7) is 6.26. The zero-order valence-corrected chi connectivity index (χ0v) is 15.6. The van der Waals surface area contributed by atoms with Gasteiger partial charge in [-0.1, -0.05) is 0 Å². The predicted molar refractivity (Wildman–Crippen MR) is 95.0 cm³/mol. The topological polar surface area (TPSA) is 65.0 Å². The molecule has 1 atom stereocenters. The summed E-state index contributed by atoms with van der Waals surface area (Å²) in [5.74, 6) is -3.20. The number of nitrogens with one attached hydrogen (secondary N) is 1. The summed E-state index contributed by atoms with van der Waals surface area (Å²) in [6, 6.07) is 2.94. The highest BCUT2D eigenvalue weighted by Crippen LogP contribution is 2.41. The zero-order valence-electron chi connectivity index (χ0n) is 14.8. The van der Waals surface area contributed by atoms with Crippen LogP contribution in [-0.2, 0) is 0 Å². The van der Waals surface area contributed by atoms with Gasteiger partial charge in [0.25, 0.3) is 5.92 Å². The van der Waals surface area contributed by atoms with Crippen molar-refractivity contribution in [2.24, 2.45) is 0 Å². The van der Waals surface area contributed by atoms with E-state index in [0.29, 0.717) is 31.9 Å². The van der Waals surface area contributed by atoms with Gasteiger partial charge >= 0.3 is 0 Å². The number of aliphatic hydroxyl groups excluding tert-OH is 1. The third kappa shape index (κ3) is 5.67. The lowest BCUT2D eigenvalue weighted by molar-refractivity contribution is -0.119. The first-order valence-corrected chi connectivity index (χ1v) is 8.09. The first-order chi connectivity index (χ1) is 11.1. The highest BCUT2D eigenvalue weighted by Gasteiger charge is 2.45. The van der Waals surface area contributed by atoms with Gasteiger partial charge < -0.3 is 20.3 Å². The summed E-state index contributed by atoms with van der Waals surface area (Å²) >= 11 is 0. The Hall–Kier alpha value is -1.15. The molecule has 5 nitrogen and oxygen atoms in total. The van der Waals surface area contributed by atoms with Gasteiger partial charge in [0.05, 0.1) is 0 Å². The fourth-order valence-corrected chi connectivity index (χ4v) is 2.89. The van der Waals surface area contributed by atoms with Crippen molar-refractivity contribution in [2.45, 2.75) is 38.3 Å². The smallest absolute Gasteiger partial charge is 0.290 e. The van der Waals surface area contributed by atoms with Crippen LogP contribution in [-0.4, -0.2) is 59.4 Å². The van der Waals surface area contributed by atoms with E-state index in [1.54, 1.807) is 11.0 Å². The molecule has 1 aromatic rings. The molecule has 144 valence electrons. The van der Waals surface area contributed by atoms with Crippen molar-refractivity contribution in [3.05, 3.63) is 23.8 Å². The van der Waals surface area contributed by atoms with Gasteiger partial charge in [0.2, 0.25) is 0 Å². The van der Waals surface area contributed by atoms with Crippen LogP contribution >= 0.6 is 12.4 Å². The average Bonchev–Trinajstić information content (AvgIpc) is 2.50. The number of phenols is 1. The van der Waals surface area contributed by atoms with Crippen LogP contribution in [0.5, 0.6) is 11.5 Å². The van der Waals surface area contributed by atoms with Gasteiger partial charge in [0.1, 0.15) is 29.7 Å². The molecular formula is C17H27ClF2N2O3. The second kappa shape index (κ2) is 8.49. The van der Waals surface area contributed by atoms with Crippen molar-refractivity contribution < 1.29 is 23.7 Å². The number of phenolic OH excluding ortho intramolecular Hbond substituents is 1. The fourth-order valence-electron chi connectivity index (χ4n) is 2.89. The molecule has 0 spiro atoms. The second-order valence-electron chi connectivity index (χ2n) is 7.04. The van der Waals surface area contributed by atoms with Gasteiger partial charge in [-0.25, -0.2) is 8.78 Å². The van der Waals surface area contributed by atoms with E-state index in [1.807, 2.05) is 20.8 Å². The number of piperazine rings is 1. The predicted octanol–water partition coefficient (Wildman–Crippen LogP) is 2.57. The number of rotatable bonds is 5. The molecule has 1 aliphatic heterocycles. The summed E-state index contributed by atoms with van der Waals surface area (Å²) in [6.07, 6.45) is 0. The SMILES string of the molecule is CC(C)(C)Oc1ccc(O)c([C@@H](N2CCNCC2)C(F)(F)CO)c1.Cl. The van der Waals surface area contributed by atoms with E-state index in [4.69, 9.17) is 4.74 Å². The molecule has 8 heteroatoms. The molecule has 0 unspecified atom stereocenters. The van der Waals surface area contributed by atoms with E-state index >= 15 is 0 Å². The summed E-state index contributed by atoms with van der Waals surface area (Å²) < 4.78 is 34.7. The number of aliphatic hydroxyl groups is 1. The molecule has 0 radical (unpaired) electrons. The Kier molecular flexibility index (Phi) is 7.43. The van der Waals surface area contributed by atoms with Crippen molar-refractivity contribution >= 4 is 12.4 Å². The number of benzene rings is 1. The lowest BCUT2D eigenvalue weighted by atomic mass is 9.97. The number of alkyl halides is 2. The third-order valence-corrected chi connectivity index (χ3v) is 3.85. The summed E-state index contributed by atoms with van der Waals surface area (Å²) in [4.78, 5) is 1.59. The highest BCUT2D eigenvalue weighted by atomic mass is 35.5. The van der Waals surface area contributed by atoms with E-state index in [9.17, 15) is 19.0 Å². The van der Waals surface area contributed by atoms with Gasteiger partial charge in [-0.05, 0) is 39.0 Å². The Morgan fingerprint density at radius 3 is 2.36 bits per heavy atom. The molecule has 1 fully saturated rings. The number of ether oxygens (including phenoxy) is 1.